The number of piperazine rings is 1. The monoisotopic (exact) mass is 544 g/mol. The van der Waals surface area contributed by atoms with Crippen LogP contribution >= 0.6 is 34.8 Å². The van der Waals surface area contributed by atoms with Crippen LogP contribution in [0.2, 0.25) is 15.1 Å². The lowest BCUT2D eigenvalue weighted by atomic mass is 9.97. The van der Waals surface area contributed by atoms with E-state index in [0.717, 1.165) is 9.87 Å². The predicted octanol–water partition coefficient (Wildman–Crippen LogP) is 2.61. The maximum atomic E-state index is 13.7. The predicted molar refractivity (Wildman–Crippen MR) is 130 cm³/mol. The Morgan fingerprint density at radius 2 is 1.62 bits per heavy atom. The molecule has 0 aromatic heterocycles. The van der Waals surface area contributed by atoms with Crippen molar-refractivity contribution in [1.29, 1.82) is 0 Å². The summed E-state index contributed by atoms with van der Waals surface area (Å²) >= 11 is 18.2. The number of benzene rings is 2. The minimum absolute atomic E-state index is 0.0232. The summed E-state index contributed by atoms with van der Waals surface area (Å²) in [6, 6.07) is 8.97. The molecule has 4 rings (SSSR count). The van der Waals surface area contributed by atoms with Crippen molar-refractivity contribution in [3.8, 4) is 0 Å². The number of carbonyl (C=O) groups is 2. The highest BCUT2D eigenvalue weighted by atomic mass is 35.5. The molecule has 2 fully saturated rings. The molecule has 0 radical (unpaired) electrons. The zero-order chi connectivity index (χ0) is 24.8. The number of nitrogens with zero attached hydrogens (tertiary/aromatic N) is 3. The van der Waals surface area contributed by atoms with Crippen LogP contribution in [-0.4, -0.2) is 72.2 Å². The summed E-state index contributed by atoms with van der Waals surface area (Å²) in [6.45, 7) is 1.95. The number of amides is 2. The van der Waals surface area contributed by atoms with Crippen LogP contribution in [0, 0.1) is 0 Å². The van der Waals surface area contributed by atoms with Crippen LogP contribution in [0.1, 0.15) is 12.5 Å². The molecule has 182 valence electrons. The fourth-order valence-electron chi connectivity index (χ4n) is 4.41. The van der Waals surface area contributed by atoms with Crippen LogP contribution in [0.3, 0.4) is 0 Å². The van der Waals surface area contributed by atoms with E-state index in [9.17, 15) is 18.0 Å². The van der Waals surface area contributed by atoms with Crippen LogP contribution in [0.5, 0.6) is 0 Å². The van der Waals surface area contributed by atoms with Gasteiger partial charge in [0.1, 0.15) is 17.1 Å². The Kier molecular flexibility index (Phi) is 7.15. The zero-order valence-electron chi connectivity index (χ0n) is 18.2. The number of nitrogens with two attached hydrogens (primary N) is 1. The van der Waals surface area contributed by atoms with Crippen LogP contribution in [0.4, 0.5) is 0 Å². The van der Waals surface area contributed by atoms with E-state index >= 15 is 0 Å². The first-order valence-corrected chi connectivity index (χ1v) is 13.2. The molecule has 2 aromatic rings. The number of carbonyl (C=O) groups excluding carboxylic acids is 2. The van der Waals surface area contributed by atoms with Gasteiger partial charge in [-0.2, -0.15) is 4.31 Å². The molecule has 2 amide bonds. The molecule has 2 aliphatic heterocycles. The van der Waals surface area contributed by atoms with Gasteiger partial charge in [0.15, 0.2) is 0 Å². The van der Waals surface area contributed by atoms with Gasteiger partial charge in [-0.3, -0.25) is 9.59 Å². The van der Waals surface area contributed by atoms with E-state index < -0.39 is 34.2 Å². The zero-order valence-corrected chi connectivity index (χ0v) is 21.3. The molecule has 0 saturated carbocycles. The number of halogens is 3. The van der Waals surface area contributed by atoms with Gasteiger partial charge in [-0.05, 0) is 42.8 Å². The van der Waals surface area contributed by atoms with Crippen molar-refractivity contribution in [2.45, 2.75) is 36.5 Å². The molecule has 2 saturated heterocycles. The maximum Gasteiger partial charge on any atom is 0.246 e. The first-order valence-electron chi connectivity index (χ1n) is 10.6. The second-order valence-corrected chi connectivity index (χ2v) is 11.3. The Balaban J connectivity index is 1.78. The van der Waals surface area contributed by atoms with E-state index in [1.807, 2.05) is 0 Å². The highest BCUT2D eigenvalue weighted by Crippen LogP contribution is 2.34. The summed E-state index contributed by atoms with van der Waals surface area (Å²) in [5.41, 5.74) is 6.89. The van der Waals surface area contributed by atoms with Gasteiger partial charge in [0.25, 0.3) is 0 Å². The van der Waals surface area contributed by atoms with Gasteiger partial charge >= 0.3 is 0 Å². The van der Waals surface area contributed by atoms with Gasteiger partial charge in [-0.25, -0.2) is 8.42 Å². The Labute approximate surface area is 213 Å². The third-order valence-corrected chi connectivity index (χ3v) is 8.96. The van der Waals surface area contributed by atoms with Gasteiger partial charge in [0, 0.05) is 29.6 Å². The van der Waals surface area contributed by atoms with E-state index in [1.165, 1.54) is 23.1 Å². The Morgan fingerprint density at radius 1 is 0.971 bits per heavy atom. The second-order valence-electron chi connectivity index (χ2n) is 8.21. The molecule has 0 spiro atoms. The van der Waals surface area contributed by atoms with E-state index in [1.54, 1.807) is 36.1 Å². The van der Waals surface area contributed by atoms with Crippen molar-refractivity contribution >= 4 is 56.6 Å². The second kappa shape index (κ2) is 9.64. The maximum absolute atomic E-state index is 13.7. The van der Waals surface area contributed by atoms with Gasteiger partial charge in [0.2, 0.25) is 21.8 Å². The van der Waals surface area contributed by atoms with Crippen molar-refractivity contribution in [3.05, 3.63) is 63.1 Å². The first kappa shape index (κ1) is 25.2. The Bertz CT molecular complexity index is 1230. The largest absolute Gasteiger partial charge is 0.338 e. The van der Waals surface area contributed by atoms with E-state index in [0.29, 0.717) is 16.6 Å². The molecular formula is C22H23Cl3N4O4S. The van der Waals surface area contributed by atoms with Crippen LogP contribution in [0.15, 0.2) is 47.4 Å². The fourth-order valence-corrected chi connectivity index (χ4v) is 6.88. The normalized spacial score (nSPS) is 23.9. The summed E-state index contributed by atoms with van der Waals surface area (Å²) in [4.78, 5) is 29.3. The van der Waals surface area contributed by atoms with Crippen molar-refractivity contribution in [2.75, 3.05) is 19.6 Å². The molecule has 34 heavy (non-hydrogen) atoms. The number of hydrogen-bond donors (Lipinski definition) is 1. The topological polar surface area (TPSA) is 104 Å². The number of hydrogen-bond acceptors (Lipinski definition) is 5. The van der Waals surface area contributed by atoms with Gasteiger partial charge < -0.3 is 15.5 Å². The van der Waals surface area contributed by atoms with Crippen LogP contribution < -0.4 is 5.73 Å². The SMILES string of the molecule is CCN1CC2N(C(=O)C(N)CN2S(=O)(=O)c2ccc(Cl)cc2Cl)C(Cc2ccc(Cl)cc2)C1=O. The molecule has 2 aliphatic rings. The number of likely N-dealkylation sites (N-methyl/N-ethyl adjacent to an activating group) is 1. The quantitative estimate of drug-likeness (QED) is 0.622. The average molecular weight is 546 g/mol. The molecule has 12 heteroatoms. The lowest BCUT2D eigenvalue weighted by Crippen LogP contribution is -2.75. The summed E-state index contributed by atoms with van der Waals surface area (Å²) in [6.07, 6.45) is -0.740. The summed E-state index contributed by atoms with van der Waals surface area (Å²) in [5, 5.41) is 0.793. The third-order valence-electron chi connectivity index (χ3n) is 6.12. The van der Waals surface area contributed by atoms with Crippen molar-refractivity contribution < 1.29 is 18.0 Å². The minimum atomic E-state index is -4.17. The lowest BCUT2D eigenvalue weighted by Gasteiger charge is -2.52. The van der Waals surface area contributed by atoms with E-state index in [-0.39, 0.29) is 35.3 Å². The highest BCUT2D eigenvalue weighted by molar-refractivity contribution is 7.89. The fraction of sp³-hybridized carbons (Fsp3) is 0.364. The summed E-state index contributed by atoms with van der Waals surface area (Å²) in [5.74, 6) is -0.736. The Morgan fingerprint density at radius 3 is 2.24 bits per heavy atom. The van der Waals surface area contributed by atoms with Gasteiger partial charge in [-0.1, -0.05) is 46.9 Å². The van der Waals surface area contributed by atoms with E-state index in [2.05, 4.69) is 0 Å². The smallest absolute Gasteiger partial charge is 0.246 e. The highest BCUT2D eigenvalue weighted by Gasteiger charge is 2.52. The summed E-state index contributed by atoms with van der Waals surface area (Å²) in [7, 11) is -4.17. The molecule has 2 heterocycles. The molecule has 2 N–H and O–H groups in total. The first-order chi connectivity index (χ1) is 16.0. The number of fused-ring (bicyclic) bond motifs is 1. The van der Waals surface area contributed by atoms with Gasteiger partial charge in [0.05, 0.1) is 17.6 Å². The number of sulfonamides is 1. The molecule has 8 nitrogen and oxygen atoms in total. The van der Waals surface area contributed by atoms with E-state index in [4.69, 9.17) is 40.5 Å². The minimum Gasteiger partial charge on any atom is -0.338 e. The molecule has 2 aromatic carbocycles. The average Bonchev–Trinajstić information content (AvgIpc) is 2.78. The van der Waals surface area contributed by atoms with Crippen molar-refractivity contribution in [3.63, 3.8) is 0 Å². The van der Waals surface area contributed by atoms with Crippen molar-refractivity contribution in [1.82, 2.24) is 14.1 Å². The van der Waals surface area contributed by atoms with Crippen LogP contribution in [-0.2, 0) is 26.0 Å². The summed E-state index contributed by atoms with van der Waals surface area (Å²) < 4.78 is 28.5. The molecule has 0 bridgehead atoms. The molecular weight excluding hydrogens is 523 g/mol. The van der Waals surface area contributed by atoms with Crippen LogP contribution in [0.25, 0.3) is 0 Å². The Hall–Kier alpha value is -1.88. The lowest BCUT2D eigenvalue weighted by molar-refractivity contribution is -0.166. The third kappa shape index (κ3) is 4.53. The van der Waals surface area contributed by atoms with Gasteiger partial charge in [-0.15, -0.1) is 0 Å². The standard InChI is InChI=1S/C22H23Cl3N4O4S/c1-2-27-12-20-28(34(32,33)19-8-7-15(24)10-16(19)25)11-17(26)21(30)29(20)18(22(27)31)9-13-3-5-14(23)6-4-13/h3-8,10,17-18,20H,2,9,11-12,26H2,1H3. The molecule has 0 aliphatic carbocycles. The number of rotatable bonds is 5. The molecule has 3 unspecified atom stereocenters. The van der Waals surface area contributed by atoms with Crippen molar-refractivity contribution in [2.24, 2.45) is 5.73 Å². The molecule has 3 atom stereocenters.